The number of hydrogen-bond acceptors (Lipinski definition) is 2. The van der Waals surface area contributed by atoms with Gasteiger partial charge in [-0.1, -0.05) is 28.1 Å². The average Bonchev–Trinajstić information content (AvgIpc) is 2.15. The number of carbonyl (C=O) groups excluding carboxylic acids is 1. The van der Waals surface area contributed by atoms with Crippen molar-refractivity contribution in [3.8, 4) is 0 Å². The lowest BCUT2D eigenvalue weighted by Crippen LogP contribution is -2.34. The molecule has 1 rings (SSSR count). The van der Waals surface area contributed by atoms with Gasteiger partial charge in [0.25, 0.3) is 0 Å². The van der Waals surface area contributed by atoms with Crippen molar-refractivity contribution in [3.05, 3.63) is 34.3 Å². The minimum atomic E-state index is -0.469. The Hall–Kier alpha value is -0.680. The van der Waals surface area contributed by atoms with Crippen molar-refractivity contribution in [1.82, 2.24) is 5.32 Å². The molecule has 0 radical (unpaired) electrons. The molecule has 1 atom stereocenters. The van der Waals surface area contributed by atoms with Crippen LogP contribution in [0.25, 0.3) is 0 Å². The normalized spacial score (nSPS) is 12.3. The summed E-state index contributed by atoms with van der Waals surface area (Å²) in [5.74, 6) is 0. The molecule has 1 amide bonds. The van der Waals surface area contributed by atoms with Crippen LogP contribution >= 0.6 is 29.4 Å². The quantitative estimate of drug-likeness (QED) is 0.882. The highest BCUT2D eigenvalue weighted by atomic mass is 79.9. The fourth-order valence-electron chi connectivity index (χ4n) is 1.32. The molecule has 1 aromatic rings. The topological polar surface area (TPSA) is 38.3 Å². The van der Waals surface area contributed by atoms with Crippen LogP contribution in [0.4, 0.5) is 4.79 Å². The summed E-state index contributed by atoms with van der Waals surface area (Å²) in [5.41, 5.74) is 0.572. The Morgan fingerprint density at radius 3 is 2.22 bits per heavy atom. The van der Waals surface area contributed by atoms with E-state index in [0.717, 1.165) is 10.0 Å². The molecule has 0 saturated carbocycles. The summed E-state index contributed by atoms with van der Waals surface area (Å²) in [6, 6.07) is 7.75. The van der Waals surface area contributed by atoms with Gasteiger partial charge in [-0.25, -0.2) is 4.79 Å². The molecule has 102 valence electrons. The second-order valence-electron chi connectivity index (χ2n) is 4.92. The molecule has 0 aliphatic rings. The molecule has 0 unspecified atom stereocenters. The Morgan fingerprint density at radius 2 is 1.78 bits per heavy atom. The van der Waals surface area contributed by atoms with Crippen LogP contribution in [0.3, 0.4) is 0 Å². The Labute approximate surface area is 124 Å². The zero-order chi connectivity index (χ0) is 13.1. The summed E-state index contributed by atoms with van der Waals surface area (Å²) in [6.45, 7) is 7.46. The van der Waals surface area contributed by atoms with Crippen molar-refractivity contribution < 1.29 is 9.53 Å². The standard InChI is InChI=1S/C13H18BrNO2.H2S/c1-9(10-5-7-11(14)8-6-10)15-12(16)17-13(2,3)4;/h5-9H,1-4H3,(H,15,16);1H2/t9-;/m0./s1. The van der Waals surface area contributed by atoms with E-state index in [-0.39, 0.29) is 19.5 Å². The van der Waals surface area contributed by atoms with E-state index >= 15 is 0 Å². The zero-order valence-electron chi connectivity index (χ0n) is 11.1. The van der Waals surface area contributed by atoms with E-state index < -0.39 is 11.7 Å². The molecule has 5 heteroatoms. The molecule has 0 aliphatic heterocycles. The average molecular weight is 334 g/mol. The third-order valence-electron chi connectivity index (χ3n) is 2.10. The lowest BCUT2D eigenvalue weighted by Gasteiger charge is -2.22. The maximum atomic E-state index is 11.6. The van der Waals surface area contributed by atoms with Crippen LogP contribution in [0, 0.1) is 0 Å². The zero-order valence-corrected chi connectivity index (χ0v) is 13.7. The number of halogens is 1. The maximum Gasteiger partial charge on any atom is 0.408 e. The molecule has 1 N–H and O–H groups in total. The molecular weight excluding hydrogens is 314 g/mol. The van der Waals surface area contributed by atoms with Crippen molar-refractivity contribution in [3.63, 3.8) is 0 Å². The van der Waals surface area contributed by atoms with Gasteiger partial charge in [-0.15, -0.1) is 0 Å². The van der Waals surface area contributed by atoms with Gasteiger partial charge in [0.05, 0.1) is 6.04 Å². The van der Waals surface area contributed by atoms with E-state index in [1.165, 1.54) is 0 Å². The molecular formula is C13H20BrNO2S. The number of alkyl carbamates (subject to hydrolysis) is 1. The molecule has 0 fully saturated rings. The number of rotatable bonds is 2. The Kier molecular flexibility index (Phi) is 6.78. The predicted molar refractivity (Wildman–Crippen MR) is 82.3 cm³/mol. The Balaban J connectivity index is 0.00000289. The van der Waals surface area contributed by atoms with Gasteiger partial charge in [0.2, 0.25) is 0 Å². The van der Waals surface area contributed by atoms with Gasteiger partial charge in [-0.3, -0.25) is 0 Å². The third-order valence-corrected chi connectivity index (χ3v) is 2.63. The largest absolute Gasteiger partial charge is 0.444 e. The molecule has 0 spiro atoms. The van der Waals surface area contributed by atoms with Crippen LogP contribution in [0.15, 0.2) is 28.7 Å². The maximum absolute atomic E-state index is 11.6. The lowest BCUT2D eigenvalue weighted by atomic mass is 10.1. The van der Waals surface area contributed by atoms with Gasteiger partial charge >= 0.3 is 6.09 Å². The minimum Gasteiger partial charge on any atom is -0.444 e. The summed E-state index contributed by atoms with van der Waals surface area (Å²) >= 11 is 3.37. The van der Waals surface area contributed by atoms with Crippen LogP contribution in [-0.2, 0) is 4.74 Å². The first-order valence-electron chi connectivity index (χ1n) is 5.53. The molecule has 0 bridgehead atoms. The van der Waals surface area contributed by atoms with Gasteiger partial charge in [0, 0.05) is 4.47 Å². The van der Waals surface area contributed by atoms with Crippen LogP contribution in [0.2, 0.25) is 0 Å². The van der Waals surface area contributed by atoms with Crippen LogP contribution < -0.4 is 5.32 Å². The highest BCUT2D eigenvalue weighted by molar-refractivity contribution is 9.10. The summed E-state index contributed by atoms with van der Waals surface area (Å²) < 4.78 is 6.21. The Morgan fingerprint density at radius 1 is 1.28 bits per heavy atom. The minimum absolute atomic E-state index is 0. The first-order chi connectivity index (χ1) is 7.78. The number of nitrogens with one attached hydrogen (secondary N) is 1. The van der Waals surface area contributed by atoms with Gasteiger partial charge in [0.15, 0.2) is 0 Å². The van der Waals surface area contributed by atoms with Gasteiger partial charge in [-0.05, 0) is 45.4 Å². The number of ether oxygens (including phenoxy) is 1. The summed E-state index contributed by atoms with van der Waals surface area (Å²) in [5, 5.41) is 2.80. The second kappa shape index (κ2) is 7.04. The smallest absolute Gasteiger partial charge is 0.408 e. The highest BCUT2D eigenvalue weighted by Crippen LogP contribution is 2.17. The van der Waals surface area contributed by atoms with E-state index in [9.17, 15) is 4.79 Å². The van der Waals surface area contributed by atoms with Crippen molar-refractivity contribution in [2.24, 2.45) is 0 Å². The molecule has 0 saturated heterocycles. The van der Waals surface area contributed by atoms with E-state index in [1.807, 2.05) is 52.0 Å². The second-order valence-corrected chi connectivity index (χ2v) is 5.84. The summed E-state index contributed by atoms with van der Waals surface area (Å²) in [7, 11) is 0. The van der Waals surface area contributed by atoms with E-state index in [0.29, 0.717) is 0 Å². The van der Waals surface area contributed by atoms with Crippen LogP contribution in [-0.4, -0.2) is 11.7 Å². The van der Waals surface area contributed by atoms with E-state index in [1.54, 1.807) is 0 Å². The molecule has 0 aliphatic carbocycles. The van der Waals surface area contributed by atoms with E-state index in [4.69, 9.17) is 4.74 Å². The van der Waals surface area contributed by atoms with Gasteiger partial charge in [0.1, 0.15) is 5.60 Å². The molecule has 0 heterocycles. The van der Waals surface area contributed by atoms with Gasteiger partial charge < -0.3 is 10.1 Å². The first kappa shape index (κ1) is 17.3. The summed E-state index contributed by atoms with van der Waals surface area (Å²) in [6.07, 6.45) is -0.395. The summed E-state index contributed by atoms with van der Waals surface area (Å²) in [4.78, 5) is 11.6. The molecule has 1 aromatic carbocycles. The highest BCUT2D eigenvalue weighted by Gasteiger charge is 2.18. The first-order valence-corrected chi connectivity index (χ1v) is 6.32. The number of hydrogen-bond donors (Lipinski definition) is 1. The molecule has 0 aromatic heterocycles. The predicted octanol–water partition coefficient (Wildman–Crippen LogP) is 4.15. The monoisotopic (exact) mass is 333 g/mol. The number of benzene rings is 1. The van der Waals surface area contributed by atoms with E-state index in [2.05, 4.69) is 21.2 Å². The Bertz CT molecular complexity index is 387. The molecule has 18 heavy (non-hydrogen) atoms. The number of carbonyl (C=O) groups is 1. The lowest BCUT2D eigenvalue weighted by molar-refractivity contribution is 0.0508. The number of amides is 1. The fraction of sp³-hybridized carbons (Fsp3) is 0.462. The molecule has 3 nitrogen and oxygen atoms in total. The van der Waals surface area contributed by atoms with Crippen molar-refractivity contribution in [2.45, 2.75) is 39.3 Å². The van der Waals surface area contributed by atoms with Crippen LogP contribution in [0.1, 0.15) is 39.3 Å². The third kappa shape index (κ3) is 6.31. The van der Waals surface area contributed by atoms with Crippen molar-refractivity contribution in [1.29, 1.82) is 0 Å². The van der Waals surface area contributed by atoms with Gasteiger partial charge in [-0.2, -0.15) is 13.5 Å². The van der Waals surface area contributed by atoms with Crippen molar-refractivity contribution >= 4 is 35.5 Å². The van der Waals surface area contributed by atoms with Crippen LogP contribution in [0.5, 0.6) is 0 Å². The fourth-order valence-corrected chi connectivity index (χ4v) is 1.58. The SMILES string of the molecule is C[C@H](NC(=O)OC(C)(C)C)c1ccc(Br)cc1.S. The van der Waals surface area contributed by atoms with Crippen molar-refractivity contribution in [2.75, 3.05) is 0 Å².